The molecule has 0 radical (unpaired) electrons. The summed E-state index contributed by atoms with van der Waals surface area (Å²) in [7, 11) is 3.17. The third-order valence-electron chi connectivity index (χ3n) is 4.40. The molecule has 0 saturated heterocycles. The lowest BCUT2D eigenvalue weighted by atomic mass is 10.2. The Morgan fingerprint density at radius 2 is 1.86 bits per heavy atom. The first-order chi connectivity index (χ1) is 13.7. The number of rotatable bonds is 6. The Morgan fingerprint density at radius 3 is 2.64 bits per heavy atom. The molecule has 0 atom stereocenters. The topological polar surface area (TPSA) is 78.3 Å². The summed E-state index contributed by atoms with van der Waals surface area (Å²) in [6, 6.07) is 15.0. The van der Waals surface area contributed by atoms with Gasteiger partial charge in [0.15, 0.2) is 17.8 Å². The van der Waals surface area contributed by atoms with Crippen molar-refractivity contribution >= 4 is 28.8 Å². The standard InChI is InChI=1S/C21H18N4O3/c1-27-18-8-7-15(11-19(18)28-2)23-21-22-10-9-20(24-21)25-12-14(13-26)16-5-3-4-6-17(16)25/h3-13H,1-2H3,(H,22,23,24). The molecule has 0 spiro atoms. The van der Waals surface area contributed by atoms with E-state index in [1.807, 2.05) is 41.0 Å². The zero-order valence-corrected chi connectivity index (χ0v) is 15.4. The average molecular weight is 374 g/mol. The Balaban J connectivity index is 1.71. The number of aromatic nitrogens is 3. The van der Waals surface area contributed by atoms with E-state index in [2.05, 4.69) is 15.3 Å². The van der Waals surface area contributed by atoms with E-state index in [1.54, 1.807) is 38.7 Å². The summed E-state index contributed by atoms with van der Waals surface area (Å²) in [5, 5.41) is 4.05. The fourth-order valence-corrected chi connectivity index (χ4v) is 3.08. The van der Waals surface area contributed by atoms with Gasteiger partial charge in [0.1, 0.15) is 5.82 Å². The molecule has 0 saturated carbocycles. The Kier molecular flexibility index (Phi) is 4.63. The zero-order chi connectivity index (χ0) is 19.5. The molecule has 2 aromatic carbocycles. The van der Waals surface area contributed by atoms with E-state index in [4.69, 9.17) is 9.47 Å². The number of nitrogens with zero attached hydrogens (tertiary/aromatic N) is 3. The molecule has 0 bridgehead atoms. The number of nitrogens with one attached hydrogen (secondary N) is 1. The van der Waals surface area contributed by atoms with Crippen molar-refractivity contribution in [1.82, 2.24) is 14.5 Å². The van der Waals surface area contributed by atoms with Gasteiger partial charge in [-0.25, -0.2) is 4.98 Å². The van der Waals surface area contributed by atoms with E-state index in [0.717, 1.165) is 22.9 Å². The molecule has 28 heavy (non-hydrogen) atoms. The number of para-hydroxylation sites is 1. The van der Waals surface area contributed by atoms with Gasteiger partial charge < -0.3 is 19.4 Å². The van der Waals surface area contributed by atoms with Crippen molar-refractivity contribution in [3.05, 3.63) is 66.5 Å². The van der Waals surface area contributed by atoms with Gasteiger partial charge in [-0.1, -0.05) is 18.2 Å². The van der Waals surface area contributed by atoms with Gasteiger partial charge in [0, 0.05) is 35.1 Å². The number of anilines is 2. The average Bonchev–Trinajstić information content (AvgIpc) is 3.13. The van der Waals surface area contributed by atoms with Crippen LogP contribution in [0.15, 0.2) is 60.9 Å². The van der Waals surface area contributed by atoms with Crippen LogP contribution in [-0.4, -0.2) is 35.0 Å². The van der Waals surface area contributed by atoms with Gasteiger partial charge in [0.05, 0.1) is 19.7 Å². The van der Waals surface area contributed by atoms with E-state index >= 15 is 0 Å². The third-order valence-corrected chi connectivity index (χ3v) is 4.40. The van der Waals surface area contributed by atoms with E-state index < -0.39 is 0 Å². The number of hydrogen-bond donors (Lipinski definition) is 1. The quantitative estimate of drug-likeness (QED) is 0.514. The summed E-state index contributed by atoms with van der Waals surface area (Å²) < 4.78 is 12.5. The number of fused-ring (bicyclic) bond motifs is 1. The summed E-state index contributed by atoms with van der Waals surface area (Å²) in [5.74, 6) is 2.33. The number of carbonyl (C=O) groups excluding carboxylic acids is 1. The fraction of sp³-hybridized carbons (Fsp3) is 0.0952. The molecular formula is C21H18N4O3. The Bertz CT molecular complexity index is 1150. The van der Waals surface area contributed by atoms with Crippen LogP contribution >= 0.6 is 0 Å². The molecular weight excluding hydrogens is 356 g/mol. The molecule has 0 fully saturated rings. The lowest BCUT2D eigenvalue weighted by molar-refractivity contribution is 0.112. The molecule has 7 heteroatoms. The number of benzene rings is 2. The predicted molar refractivity (Wildman–Crippen MR) is 107 cm³/mol. The van der Waals surface area contributed by atoms with Gasteiger partial charge in [-0.3, -0.25) is 4.79 Å². The largest absolute Gasteiger partial charge is 0.493 e. The minimum Gasteiger partial charge on any atom is -0.493 e. The van der Waals surface area contributed by atoms with Crippen LogP contribution in [0, 0.1) is 0 Å². The minimum atomic E-state index is 0.426. The fourth-order valence-electron chi connectivity index (χ4n) is 3.08. The van der Waals surface area contributed by atoms with E-state index in [-0.39, 0.29) is 0 Å². The predicted octanol–water partition coefficient (Wildman–Crippen LogP) is 3.99. The highest BCUT2D eigenvalue weighted by Crippen LogP contribution is 2.31. The summed E-state index contributed by atoms with van der Waals surface area (Å²) >= 11 is 0. The van der Waals surface area contributed by atoms with Crippen LogP contribution in [0.4, 0.5) is 11.6 Å². The number of carbonyl (C=O) groups is 1. The summed E-state index contributed by atoms with van der Waals surface area (Å²) in [6.07, 6.45) is 4.30. The number of ether oxygens (including phenoxy) is 2. The maximum atomic E-state index is 11.4. The van der Waals surface area contributed by atoms with Gasteiger partial charge in [0.25, 0.3) is 0 Å². The summed E-state index contributed by atoms with van der Waals surface area (Å²) in [6.45, 7) is 0. The van der Waals surface area contributed by atoms with Gasteiger partial charge in [-0.2, -0.15) is 4.98 Å². The SMILES string of the molecule is COc1ccc(Nc2nccc(-n3cc(C=O)c4ccccc43)n2)cc1OC. The van der Waals surface area contributed by atoms with Crippen molar-refractivity contribution in [3.8, 4) is 17.3 Å². The second-order valence-corrected chi connectivity index (χ2v) is 6.02. The van der Waals surface area contributed by atoms with Gasteiger partial charge in [0.2, 0.25) is 5.95 Å². The second-order valence-electron chi connectivity index (χ2n) is 6.02. The van der Waals surface area contributed by atoms with Crippen LogP contribution in [-0.2, 0) is 0 Å². The molecule has 0 aliphatic heterocycles. The van der Waals surface area contributed by atoms with Crippen LogP contribution in [0.3, 0.4) is 0 Å². The summed E-state index contributed by atoms with van der Waals surface area (Å²) in [4.78, 5) is 20.3. The first-order valence-electron chi connectivity index (χ1n) is 8.61. The monoisotopic (exact) mass is 374 g/mol. The maximum Gasteiger partial charge on any atom is 0.229 e. The smallest absolute Gasteiger partial charge is 0.229 e. The van der Waals surface area contributed by atoms with Gasteiger partial charge in [-0.05, 0) is 24.3 Å². The molecule has 0 aliphatic carbocycles. The molecule has 0 amide bonds. The van der Waals surface area contributed by atoms with Crippen molar-refractivity contribution in [2.45, 2.75) is 0 Å². The van der Waals surface area contributed by atoms with E-state index in [9.17, 15) is 4.79 Å². The van der Waals surface area contributed by atoms with E-state index in [1.165, 1.54) is 0 Å². The second kappa shape index (κ2) is 7.40. The van der Waals surface area contributed by atoms with Crippen molar-refractivity contribution in [1.29, 1.82) is 0 Å². The molecule has 7 nitrogen and oxygen atoms in total. The summed E-state index contributed by atoms with van der Waals surface area (Å²) in [5.41, 5.74) is 2.28. The number of hydrogen-bond acceptors (Lipinski definition) is 6. The lowest BCUT2D eigenvalue weighted by Gasteiger charge is -2.11. The van der Waals surface area contributed by atoms with E-state index in [0.29, 0.717) is 28.8 Å². The molecule has 4 aromatic rings. The van der Waals surface area contributed by atoms with Crippen molar-refractivity contribution in [2.75, 3.05) is 19.5 Å². The van der Waals surface area contributed by atoms with Crippen LogP contribution in [0.25, 0.3) is 16.7 Å². The Hall–Kier alpha value is -3.87. The normalized spacial score (nSPS) is 10.6. The first-order valence-corrected chi connectivity index (χ1v) is 8.61. The minimum absolute atomic E-state index is 0.426. The Labute approximate surface area is 161 Å². The molecule has 140 valence electrons. The maximum absolute atomic E-state index is 11.4. The van der Waals surface area contributed by atoms with Crippen LogP contribution in [0.1, 0.15) is 10.4 Å². The van der Waals surface area contributed by atoms with Crippen LogP contribution < -0.4 is 14.8 Å². The van der Waals surface area contributed by atoms with Crippen LogP contribution in [0.5, 0.6) is 11.5 Å². The van der Waals surface area contributed by atoms with Crippen LogP contribution in [0.2, 0.25) is 0 Å². The third kappa shape index (κ3) is 3.14. The molecule has 2 aromatic heterocycles. The molecule has 4 rings (SSSR count). The van der Waals surface area contributed by atoms with Crippen molar-refractivity contribution < 1.29 is 14.3 Å². The highest BCUT2D eigenvalue weighted by Gasteiger charge is 2.11. The van der Waals surface area contributed by atoms with Crippen molar-refractivity contribution in [2.24, 2.45) is 0 Å². The molecule has 1 N–H and O–H groups in total. The molecule has 0 aliphatic rings. The van der Waals surface area contributed by atoms with Gasteiger partial charge >= 0.3 is 0 Å². The zero-order valence-electron chi connectivity index (χ0n) is 15.4. The first kappa shape index (κ1) is 17.5. The molecule has 0 unspecified atom stereocenters. The number of aldehydes is 1. The highest BCUT2D eigenvalue weighted by molar-refractivity contribution is 5.98. The van der Waals surface area contributed by atoms with Crippen molar-refractivity contribution in [3.63, 3.8) is 0 Å². The van der Waals surface area contributed by atoms with Gasteiger partial charge in [-0.15, -0.1) is 0 Å². The number of methoxy groups -OCH3 is 2. The highest BCUT2D eigenvalue weighted by atomic mass is 16.5. The lowest BCUT2D eigenvalue weighted by Crippen LogP contribution is -2.02. The molecule has 2 heterocycles. The Morgan fingerprint density at radius 1 is 1.04 bits per heavy atom.